The van der Waals surface area contributed by atoms with Crippen molar-refractivity contribution in [2.45, 2.75) is 12.8 Å². The van der Waals surface area contributed by atoms with Gasteiger partial charge in [-0.2, -0.15) is 0 Å². The van der Waals surface area contributed by atoms with Gasteiger partial charge in [0.25, 0.3) is 5.91 Å². The summed E-state index contributed by atoms with van der Waals surface area (Å²) in [6.45, 7) is 6.47. The minimum absolute atomic E-state index is 0.186. The third-order valence-corrected chi connectivity index (χ3v) is 6.57. The number of likely N-dealkylation sites (tertiary alicyclic amines) is 1. The summed E-state index contributed by atoms with van der Waals surface area (Å²) in [7, 11) is 0. The lowest BCUT2D eigenvalue weighted by Gasteiger charge is -2.37. The molecule has 1 amide bonds. The monoisotopic (exact) mass is 448 g/mol. The number of anilines is 2. The number of nitrogens with zero attached hydrogens (tertiary/aromatic N) is 5. The van der Waals surface area contributed by atoms with E-state index in [1.54, 1.807) is 6.07 Å². The highest BCUT2D eigenvalue weighted by Gasteiger charge is 2.24. The molecule has 0 radical (unpaired) electrons. The molecule has 0 aliphatic carbocycles. The number of carbonyl (C=O) groups is 1. The van der Waals surface area contributed by atoms with Crippen LogP contribution in [0.25, 0.3) is 10.8 Å². The molecule has 8 heteroatoms. The fraction of sp³-hybridized carbons (Fsp3) is 0.400. The Hall–Kier alpha value is -3.26. The fourth-order valence-electron chi connectivity index (χ4n) is 4.78. The van der Waals surface area contributed by atoms with E-state index in [-0.39, 0.29) is 11.7 Å². The molecule has 1 N–H and O–H groups in total. The normalized spacial score (nSPS) is 17.0. The van der Waals surface area contributed by atoms with Gasteiger partial charge < -0.3 is 20.0 Å². The second kappa shape index (κ2) is 9.70. The van der Waals surface area contributed by atoms with Gasteiger partial charge in [0.05, 0.1) is 5.69 Å². The molecule has 2 saturated heterocycles. The molecule has 2 fully saturated rings. The first kappa shape index (κ1) is 21.6. The van der Waals surface area contributed by atoms with Crippen molar-refractivity contribution < 1.29 is 9.18 Å². The van der Waals surface area contributed by atoms with E-state index >= 15 is 0 Å². The number of benzene rings is 2. The number of aromatic nitrogens is 2. The number of hydrogen-bond donors (Lipinski definition) is 1. The number of para-hydroxylation sites is 1. The second-order valence-corrected chi connectivity index (χ2v) is 8.65. The van der Waals surface area contributed by atoms with Crippen LogP contribution >= 0.6 is 0 Å². The summed E-state index contributed by atoms with van der Waals surface area (Å²) in [5.41, 5.74) is 0.995. The van der Waals surface area contributed by atoms with Crippen LogP contribution < -0.4 is 15.1 Å². The van der Waals surface area contributed by atoms with Gasteiger partial charge in [-0.3, -0.25) is 4.79 Å². The molecule has 3 heterocycles. The summed E-state index contributed by atoms with van der Waals surface area (Å²) in [5, 5.41) is 13.5. The van der Waals surface area contributed by atoms with E-state index in [1.165, 1.54) is 18.9 Å². The molecule has 0 spiro atoms. The summed E-state index contributed by atoms with van der Waals surface area (Å²) in [6, 6.07) is 14.7. The molecule has 2 aromatic carbocycles. The van der Waals surface area contributed by atoms with E-state index in [0.717, 1.165) is 36.2 Å². The average molecular weight is 449 g/mol. The molecule has 0 bridgehead atoms. The maximum atomic E-state index is 14.2. The van der Waals surface area contributed by atoms with Crippen molar-refractivity contribution in [3.05, 3.63) is 60.0 Å². The Morgan fingerprint density at radius 1 is 0.848 bits per heavy atom. The van der Waals surface area contributed by atoms with Gasteiger partial charge >= 0.3 is 0 Å². The molecule has 2 aliphatic heterocycles. The van der Waals surface area contributed by atoms with Gasteiger partial charge in [0.15, 0.2) is 11.5 Å². The maximum Gasteiger partial charge on any atom is 0.272 e. The van der Waals surface area contributed by atoms with E-state index < -0.39 is 0 Å². The van der Waals surface area contributed by atoms with E-state index in [0.29, 0.717) is 44.1 Å². The largest absolute Gasteiger partial charge is 0.366 e. The van der Waals surface area contributed by atoms with Crippen molar-refractivity contribution in [3.63, 3.8) is 0 Å². The minimum Gasteiger partial charge on any atom is -0.366 e. The summed E-state index contributed by atoms with van der Waals surface area (Å²) in [6.07, 6.45) is 2.47. The van der Waals surface area contributed by atoms with Crippen molar-refractivity contribution in [2.24, 2.45) is 0 Å². The molecule has 2 aliphatic rings. The van der Waals surface area contributed by atoms with Crippen LogP contribution in [0.4, 0.5) is 15.9 Å². The Morgan fingerprint density at radius 2 is 1.52 bits per heavy atom. The first-order valence-electron chi connectivity index (χ1n) is 11.7. The quantitative estimate of drug-likeness (QED) is 0.626. The van der Waals surface area contributed by atoms with Crippen molar-refractivity contribution in [3.8, 4) is 0 Å². The van der Waals surface area contributed by atoms with E-state index in [1.807, 2.05) is 36.4 Å². The Morgan fingerprint density at radius 3 is 2.27 bits per heavy atom. The Kier molecular flexibility index (Phi) is 6.35. The standard InChI is InChI=1S/C25H29FN6O/c26-21-9-3-4-10-22(21)31-15-17-32(18-16-31)24-20-8-2-1-7-19(20)23(28-29-24)25(33)27-11-14-30-12-5-6-13-30/h1-4,7-10H,5-6,11-18H2,(H,27,33). The van der Waals surface area contributed by atoms with Gasteiger partial charge in [0.1, 0.15) is 5.82 Å². The highest BCUT2D eigenvalue weighted by atomic mass is 19.1. The van der Waals surface area contributed by atoms with Gasteiger partial charge in [-0.1, -0.05) is 36.4 Å². The number of rotatable bonds is 6. The third kappa shape index (κ3) is 4.61. The molecular weight excluding hydrogens is 419 g/mol. The highest BCUT2D eigenvalue weighted by molar-refractivity contribution is 6.07. The molecule has 0 atom stereocenters. The van der Waals surface area contributed by atoms with Crippen LogP contribution in [0, 0.1) is 5.82 Å². The summed E-state index contributed by atoms with van der Waals surface area (Å²) < 4.78 is 14.2. The summed E-state index contributed by atoms with van der Waals surface area (Å²) in [4.78, 5) is 19.5. The van der Waals surface area contributed by atoms with E-state index in [2.05, 4.69) is 30.2 Å². The first-order chi connectivity index (χ1) is 16.2. The Balaban J connectivity index is 1.30. The predicted octanol–water partition coefficient (Wildman–Crippen LogP) is 2.92. The molecule has 3 aromatic rings. The summed E-state index contributed by atoms with van der Waals surface area (Å²) in [5.74, 6) is 0.387. The van der Waals surface area contributed by atoms with E-state index in [4.69, 9.17) is 0 Å². The van der Waals surface area contributed by atoms with Crippen LogP contribution in [-0.4, -0.2) is 73.4 Å². The molecule has 1 aromatic heterocycles. The lowest BCUT2D eigenvalue weighted by Crippen LogP contribution is -2.47. The molecule has 0 saturated carbocycles. The predicted molar refractivity (Wildman–Crippen MR) is 128 cm³/mol. The number of halogens is 1. The highest BCUT2D eigenvalue weighted by Crippen LogP contribution is 2.28. The average Bonchev–Trinajstić information content (AvgIpc) is 3.37. The minimum atomic E-state index is -0.198. The second-order valence-electron chi connectivity index (χ2n) is 8.65. The zero-order chi connectivity index (χ0) is 22.6. The van der Waals surface area contributed by atoms with Gasteiger partial charge in [-0.25, -0.2) is 4.39 Å². The molecule has 0 unspecified atom stereocenters. The molecule has 5 rings (SSSR count). The van der Waals surface area contributed by atoms with Crippen molar-refractivity contribution in [1.29, 1.82) is 0 Å². The fourth-order valence-corrected chi connectivity index (χ4v) is 4.78. The molecule has 172 valence electrons. The van der Waals surface area contributed by atoms with Crippen molar-refractivity contribution in [1.82, 2.24) is 20.4 Å². The van der Waals surface area contributed by atoms with Crippen LogP contribution in [0.3, 0.4) is 0 Å². The van der Waals surface area contributed by atoms with Gasteiger partial charge in [0.2, 0.25) is 0 Å². The summed E-state index contributed by atoms with van der Waals surface area (Å²) >= 11 is 0. The Bertz CT molecular complexity index is 1120. The van der Waals surface area contributed by atoms with Crippen LogP contribution in [0.5, 0.6) is 0 Å². The first-order valence-corrected chi connectivity index (χ1v) is 11.7. The van der Waals surface area contributed by atoms with Crippen molar-refractivity contribution in [2.75, 3.05) is 62.2 Å². The zero-order valence-corrected chi connectivity index (χ0v) is 18.7. The Labute approximate surface area is 193 Å². The lowest BCUT2D eigenvalue weighted by atomic mass is 10.1. The van der Waals surface area contributed by atoms with E-state index in [9.17, 15) is 9.18 Å². The van der Waals surface area contributed by atoms with Crippen molar-refractivity contribution >= 4 is 28.2 Å². The van der Waals surface area contributed by atoms with Crippen LogP contribution in [0.1, 0.15) is 23.3 Å². The number of hydrogen-bond acceptors (Lipinski definition) is 6. The lowest BCUT2D eigenvalue weighted by molar-refractivity contribution is 0.0945. The van der Waals surface area contributed by atoms with Crippen LogP contribution in [-0.2, 0) is 0 Å². The molecule has 7 nitrogen and oxygen atoms in total. The maximum absolute atomic E-state index is 14.2. The number of fused-ring (bicyclic) bond motifs is 1. The van der Waals surface area contributed by atoms with Gasteiger partial charge in [-0.05, 0) is 38.1 Å². The third-order valence-electron chi connectivity index (χ3n) is 6.57. The topological polar surface area (TPSA) is 64.6 Å². The van der Waals surface area contributed by atoms with Gasteiger partial charge in [0, 0.05) is 50.0 Å². The smallest absolute Gasteiger partial charge is 0.272 e. The molecular formula is C25H29FN6O. The number of piperazine rings is 1. The van der Waals surface area contributed by atoms with Crippen LogP contribution in [0.15, 0.2) is 48.5 Å². The number of amides is 1. The molecule has 33 heavy (non-hydrogen) atoms. The van der Waals surface area contributed by atoms with Crippen LogP contribution in [0.2, 0.25) is 0 Å². The number of carbonyl (C=O) groups excluding carboxylic acids is 1. The van der Waals surface area contributed by atoms with Gasteiger partial charge in [-0.15, -0.1) is 10.2 Å². The SMILES string of the molecule is O=C(NCCN1CCCC1)c1nnc(N2CCN(c3ccccc3F)CC2)c2ccccc12. The number of nitrogens with one attached hydrogen (secondary N) is 1. The zero-order valence-electron chi connectivity index (χ0n) is 18.7.